The Bertz CT molecular complexity index is 424. The highest BCUT2D eigenvalue weighted by Crippen LogP contribution is 2.17. The van der Waals surface area contributed by atoms with Gasteiger partial charge in [0.25, 0.3) is 0 Å². The van der Waals surface area contributed by atoms with Crippen molar-refractivity contribution >= 4 is 17.0 Å². The number of rotatable bonds is 2. The van der Waals surface area contributed by atoms with Crippen molar-refractivity contribution in [1.29, 1.82) is 0 Å². The lowest BCUT2D eigenvalue weighted by Crippen LogP contribution is -1.99. The Balaban J connectivity index is 2.18. The number of anilines is 1. The average molecular weight is 208 g/mol. The van der Waals surface area contributed by atoms with Crippen molar-refractivity contribution in [2.24, 2.45) is 0 Å². The molecular weight excluding hydrogens is 196 g/mol. The Labute approximate surface area is 86.4 Å². The van der Waals surface area contributed by atoms with Gasteiger partial charge in [0.05, 0.1) is 24.1 Å². The normalized spacial score (nSPS) is 10.7. The molecule has 0 aliphatic heterocycles. The number of hydrogen-bond donors (Lipinski definition) is 1. The van der Waals surface area contributed by atoms with Gasteiger partial charge in [-0.3, -0.25) is 4.68 Å². The molecule has 0 aromatic carbocycles. The molecule has 2 rings (SSSR count). The Kier molecular flexibility index (Phi) is 2.25. The Morgan fingerprint density at radius 3 is 2.79 bits per heavy atom. The smallest absolute Gasteiger partial charge is 0.115 e. The molecule has 2 aromatic rings. The summed E-state index contributed by atoms with van der Waals surface area (Å²) < 4.78 is 1.80. The summed E-state index contributed by atoms with van der Waals surface area (Å²) >= 11 is 1.71. The van der Waals surface area contributed by atoms with Crippen molar-refractivity contribution < 1.29 is 0 Å². The van der Waals surface area contributed by atoms with Crippen LogP contribution in [0.5, 0.6) is 0 Å². The minimum atomic E-state index is 0.690. The molecule has 0 bridgehead atoms. The molecule has 0 atom stereocenters. The van der Waals surface area contributed by atoms with Gasteiger partial charge in [0, 0.05) is 11.1 Å². The summed E-state index contributed by atoms with van der Waals surface area (Å²) in [4.78, 5) is 5.70. The summed E-state index contributed by atoms with van der Waals surface area (Å²) in [6.07, 6.45) is 3.46. The second kappa shape index (κ2) is 3.42. The molecule has 0 spiro atoms. The van der Waals surface area contributed by atoms with E-state index in [1.54, 1.807) is 22.2 Å². The van der Waals surface area contributed by atoms with E-state index in [-0.39, 0.29) is 0 Å². The van der Waals surface area contributed by atoms with E-state index in [2.05, 4.69) is 17.0 Å². The minimum absolute atomic E-state index is 0.690. The number of nitrogens with zero attached hydrogens (tertiary/aromatic N) is 3. The van der Waals surface area contributed by atoms with Gasteiger partial charge >= 0.3 is 0 Å². The van der Waals surface area contributed by atoms with Gasteiger partial charge in [0.2, 0.25) is 0 Å². The monoisotopic (exact) mass is 208 g/mol. The maximum atomic E-state index is 5.57. The van der Waals surface area contributed by atoms with E-state index < -0.39 is 0 Å². The number of hydrogen-bond acceptors (Lipinski definition) is 4. The van der Waals surface area contributed by atoms with Crippen LogP contribution < -0.4 is 5.73 Å². The molecule has 2 N–H and O–H groups in total. The van der Waals surface area contributed by atoms with Gasteiger partial charge in [-0.15, -0.1) is 11.3 Å². The van der Waals surface area contributed by atoms with Crippen LogP contribution in [0, 0.1) is 13.8 Å². The molecule has 0 aliphatic carbocycles. The maximum absolute atomic E-state index is 5.57. The third-order valence-corrected chi connectivity index (χ3v) is 3.08. The first-order valence-corrected chi connectivity index (χ1v) is 5.17. The molecule has 0 unspecified atom stereocenters. The Morgan fingerprint density at radius 2 is 2.29 bits per heavy atom. The molecule has 0 fully saturated rings. The number of aryl methyl sites for hydroxylation is 2. The van der Waals surface area contributed by atoms with Gasteiger partial charge in [-0.2, -0.15) is 5.10 Å². The van der Waals surface area contributed by atoms with Crippen LogP contribution in [-0.2, 0) is 6.54 Å². The second-order valence-corrected chi connectivity index (χ2v) is 4.51. The molecular formula is C9H12N4S. The van der Waals surface area contributed by atoms with Crippen LogP contribution in [0.15, 0.2) is 12.4 Å². The summed E-state index contributed by atoms with van der Waals surface area (Å²) in [7, 11) is 0. The molecule has 5 heteroatoms. The SMILES string of the molecule is Cc1nc(Cn2cc(N)cn2)sc1C. The standard InChI is InChI=1S/C9H12N4S/c1-6-7(2)14-9(12-6)5-13-4-8(10)3-11-13/h3-4H,5,10H2,1-2H3. The number of thiazole rings is 1. The van der Waals surface area contributed by atoms with Crippen LogP contribution in [0.4, 0.5) is 5.69 Å². The van der Waals surface area contributed by atoms with Crippen LogP contribution in [0.25, 0.3) is 0 Å². The third-order valence-electron chi connectivity index (χ3n) is 2.02. The molecule has 0 saturated carbocycles. The van der Waals surface area contributed by atoms with Gasteiger partial charge in [-0.05, 0) is 13.8 Å². The molecule has 0 saturated heterocycles. The van der Waals surface area contributed by atoms with Crippen molar-refractivity contribution in [1.82, 2.24) is 14.8 Å². The van der Waals surface area contributed by atoms with E-state index in [1.165, 1.54) is 4.88 Å². The molecule has 0 radical (unpaired) electrons. The first kappa shape index (κ1) is 9.21. The van der Waals surface area contributed by atoms with Gasteiger partial charge in [0.1, 0.15) is 5.01 Å². The second-order valence-electron chi connectivity index (χ2n) is 3.22. The molecule has 14 heavy (non-hydrogen) atoms. The van der Waals surface area contributed by atoms with Gasteiger partial charge in [0.15, 0.2) is 0 Å². The predicted molar refractivity (Wildman–Crippen MR) is 57.3 cm³/mol. The maximum Gasteiger partial charge on any atom is 0.115 e. The summed E-state index contributed by atoms with van der Waals surface area (Å²) in [6, 6.07) is 0. The lowest BCUT2D eigenvalue weighted by Gasteiger charge is -1.95. The van der Waals surface area contributed by atoms with E-state index >= 15 is 0 Å². The van der Waals surface area contributed by atoms with Gasteiger partial charge < -0.3 is 5.73 Å². The topological polar surface area (TPSA) is 56.7 Å². The zero-order chi connectivity index (χ0) is 10.1. The molecule has 2 aromatic heterocycles. The van der Waals surface area contributed by atoms with Crippen LogP contribution in [0.1, 0.15) is 15.6 Å². The molecule has 74 valence electrons. The van der Waals surface area contributed by atoms with Crippen molar-refractivity contribution in [3.8, 4) is 0 Å². The minimum Gasteiger partial charge on any atom is -0.396 e. The largest absolute Gasteiger partial charge is 0.396 e. The third kappa shape index (κ3) is 1.77. The molecule has 2 heterocycles. The summed E-state index contributed by atoms with van der Waals surface area (Å²) in [5.74, 6) is 0. The van der Waals surface area contributed by atoms with E-state index in [4.69, 9.17) is 5.73 Å². The molecule has 4 nitrogen and oxygen atoms in total. The molecule has 0 amide bonds. The quantitative estimate of drug-likeness (QED) is 0.815. The van der Waals surface area contributed by atoms with Crippen molar-refractivity contribution in [2.75, 3.05) is 5.73 Å². The highest BCUT2D eigenvalue weighted by molar-refractivity contribution is 7.11. The van der Waals surface area contributed by atoms with Crippen LogP contribution in [-0.4, -0.2) is 14.8 Å². The van der Waals surface area contributed by atoms with Crippen LogP contribution in [0.3, 0.4) is 0 Å². The Hall–Kier alpha value is -1.36. The highest BCUT2D eigenvalue weighted by atomic mass is 32.1. The number of nitrogen functional groups attached to an aromatic ring is 1. The fourth-order valence-electron chi connectivity index (χ4n) is 1.21. The first-order valence-electron chi connectivity index (χ1n) is 4.36. The molecule has 0 aliphatic rings. The van der Waals surface area contributed by atoms with Gasteiger partial charge in [-0.25, -0.2) is 4.98 Å². The summed E-state index contributed by atoms with van der Waals surface area (Å²) in [5.41, 5.74) is 7.36. The lowest BCUT2D eigenvalue weighted by atomic mass is 10.4. The first-order chi connectivity index (χ1) is 6.65. The number of aromatic nitrogens is 3. The van der Waals surface area contributed by atoms with E-state index in [0.29, 0.717) is 12.2 Å². The fraction of sp³-hybridized carbons (Fsp3) is 0.333. The lowest BCUT2D eigenvalue weighted by molar-refractivity contribution is 0.682. The van der Waals surface area contributed by atoms with Crippen LogP contribution >= 0.6 is 11.3 Å². The van der Waals surface area contributed by atoms with Gasteiger partial charge in [-0.1, -0.05) is 0 Å². The van der Waals surface area contributed by atoms with Crippen molar-refractivity contribution in [2.45, 2.75) is 20.4 Å². The average Bonchev–Trinajstić information content (AvgIpc) is 2.62. The van der Waals surface area contributed by atoms with Crippen LogP contribution in [0.2, 0.25) is 0 Å². The number of nitrogens with two attached hydrogens (primary N) is 1. The predicted octanol–water partition coefficient (Wildman–Crippen LogP) is 1.59. The van der Waals surface area contributed by atoms with Crippen molar-refractivity contribution in [3.05, 3.63) is 28.0 Å². The summed E-state index contributed by atoms with van der Waals surface area (Å²) in [6.45, 7) is 4.80. The van der Waals surface area contributed by atoms with E-state index in [1.807, 2.05) is 13.1 Å². The van der Waals surface area contributed by atoms with Crippen molar-refractivity contribution in [3.63, 3.8) is 0 Å². The highest BCUT2D eigenvalue weighted by Gasteiger charge is 2.04. The Morgan fingerprint density at radius 1 is 1.50 bits per heavy atom. The fourth-order valence-corrected chi connectivity index (χ4v) is 2.14. The van der Waals surface area contributed by atoms with E-state index in [9.17, 15) is 0 Å². The zero-order valence-electron chi connectivity index (χ0n) is 8.19. The summed E-state index contributed by atoms with van der Waals surface area (Å²) in [5, 5.41) is 5.18. The zero-order valence-corrected chi connectivity index (χ0v) is 9.01. The van der Waals surface area contributed by atoms with E-state index in [0.717, 1.165) is 10.7 Å².